The van der Waals surface area contributed by atoms with Gasteiger partial charge in [0.1, 0.15) is 11.8 Å². The van der Waals surface area contributed by atoms with Gasteiger partial charge in [0.05, 0.1) is 24.8 Å². The topological polar surface area (TPSA) is 121 Å². The SMILES string of the molecule is CC(=O)NC[C@H]1CN(c2cc(F)c(N3CCC(n4nnc(N5CCNCC5)n4)CC3)c(F)c2)C(=O)O1. The number of ether oxygens (including phenoxy) is 1. The van der Waals surface area contributed by atoms with Crippen LogP contribution in [0.5, 0.6) is 0 Å². The Labute approximate surface area is 206 Å². The molecule has 1 aromatic carbocycles. The lowest BCUT2D eigenvalue weighted by Crippen LogP contribution is -2.44. The van der Waals surface area contributed by atoms with Crippen molar-refractivity contribution in [3.05, 3.63) is 23.8 Å². The van der Waals surface area contributed by atoms with Crippen molar-refractivity contribution in [3.63, 3.8) is 0 Å². The minimum Gasteiger partial charge on any atom is -0.442 e. The Morgan fingerprint density at radius 2 is 1.83 bits per heavy atom. The first-order valence-electron chi connectivity index (χ1n) is 12.1. The number of hydrogen-bond acceptors (Lipinski definition) is 9. The summed E-state index contributed by atoms with van der Waals surface area (Å²) in [4.78, 5) is 29.8. The number of hydrogen-bond donors (Lipinski definition) is 2. The van der Waals surface area contributed by atoms with E-state index in [0.29, 0.717) is 31.9 Å². The van der Waals surface area contributed by atoms with Gasteiger partial charge in [-0.05, 0) is 18.1 Å². The number of cyclic esters (lactones) is 1. The summed E-state index contributed by atoms with van der Waals surface area (Å²) in [5, 5.41) is 18.8. The summed E-state index contributed by atoms with van der Waals surface area (Å²) < 4.78 is 35.4. The summed E-state index contributed by atoms with van der Waals surface area (Å²) in [6, 6.07) is 2.28. The van der Waals surface area contributed by atoms with Crippen molar-refractivity contribution in [2.45, 2.75) is 31.9 Å². The van der Waals surface area contributed by atoms with Crippen LogP contribution in [0.1, 0.15) is 25.8 Å². The fraction of sp³-hybridized carbons (Fsp3) is 0.591. The maximum absolute atomic E-state index is 15.1. The summed E-state index contributed by atoms with van der Waals surface area (Å²) in [7, 11) is 0. The Balaban J connectivity index is 1.22. The Hall–Kier alpha value is -3.55. The van der Waals surface area contributed by atoms with Gasteiger partial charge in [-0.2, -0.15) is 4.80 Å². The molecule has 3 aliphatic rings. The van der Waals surface area contributed by atoms with Crippen LogP contribution in [0.15, 0.2) is 12.1 Å². The fourth-order valence-corrected chi connectivity index (χ4v) is 4.79. The van der Waals surface area contributed by atoms with Crippen LogP contribution in [0, 0.1) is 11.6 Å². The Morgan fingerprint density at radius 1 is 1.14 bits per heavy atom. The lowest BCUT2D eigenvalue weighted by molar-refractivity contribution is -0.119. The van der Waals surface area contributed by atoms with E-state index in [1.54, 1.807) is 9.70 Å². The minimum absolute atomic E-state index is 0.00396. The van der Waals surface area contributed by atoms with Gasteiger partial charge in [0.15, 0.2) is 11.6 Å². The van der Waals surface area contributed by atoms with E-state index in [1.807, 2.05) is 0 Å². The quantitative estimate of drug-likeness (QED) is 0.583. The number of amides is 2. The average molecular weight is 506 g/mol. The first-order valence-corrected chi connectivity index (χ1v) is 12.1. The summed E-state index contributed by atoms with van der Waals surface area (Å²) in [5.41, 5.74) is -0.0427. The highest BCUT2D eigenvalue weighted by Gasteiger charge is 2.34. The van der Waals surface area contributed by atoms with E-state index in [0.717, 1.165) is 38.3 Å². The average Bonchev–Trinajstić information content (AvgIpc) is 3.50. The monoisotopic (exact) mass is 505 g/mol. The molecular formula is C22H29F2N9O3. The molecule has 3 aliphatic heterocycles. The highest BCUT2D eigenvalue weighted by molar-refractivity contribution is 5.90. The molecule has 36 heavy (non-hydrogen) atoms. The zero-order valence-electron chi connectivity index (χ0n) is 20.0. The van der Waals surface area contributed by atoms with Crippen LogP contribution in [0.2, 0.25) is 0 Å². The van der Waals surface area contributed by atoms with Gasteiger partial charge in [-0.15, -0.1) is 5.10 Å². The second kappa shape index (κ2) is 10.2. The Kier molecular flexibility index (Phi) is 6.85. The molecule has 0 radical (unpaired) electrons. The molecule has 12 nitrogen and oxygen atoms in total. The van der Waals surface area contributed by atoms with Crippen LogP contribution in [0.25, 0.3) is 0 Å². The smallest absolute Gasteiger partial charge is 0.414 e. The van der Waals surface area contributed by atoms with Gasteiger partial charge in [-0.25, -0.2) is 13.6 Å². The number of benzene rings is 1. The van der Waals surface area contributed by atoms with E-state index in [1.165, 1.54) is 11.8 Å². The molecule has 14 heteroatoms. The molecule has 2 amide bonds. The number of piperazine rings is 1. The van der Waals surface area contributed by atoms with Crippen LogP contribution in [0.4, 0.5) is 30.9 Å². The third-order valence-electron chi connectivity index (χ3n) is 6.69. The van der Waals surface area contributed by atoms with Crippen LogP contribution in [-0.4, -0.2) is 90.7 Å². The number of carbonyl (C=O) groups excluding carboxylic acids is 2. The van der Waals surface area contributed by atoms with E-state index in [9.17, 15) is 9.59 Å². The molecule has 3 saturated heterocycles. The number of halogens is 2. The van der Waals surface area contributed by atoms with Gasteiger partial charge in [0, 0.05) is 58.3 Å². The van der Waals surface area contributed by atoms with Crippen molar-refractivity contribution in [2.75, 3.05) is 67.1 Å². The molecule has 4 heterocycles. The molecule has 2 N–H and O–H groups in total. The molecule has 0 spiro atoms. The van der Waals surface area contributed by atoms with E-state index in [2.05, 4.69) is 30.9 Å². The lowest BCUT2D eigenvalue weighted by Gasteiger charge is -2.33. The maximum Gasteiger partial charge on any atom is 0.414 e. The summed E-state index contributed by atoms with van der Waals surface area (Å²) >= 11 is 0. The molecule has 194 valence electrons. The second-order valence-electron chi connectivity index (χ2n) is 9.18. The molecule has 5 rings (SSSR count). The van der Waals surface area contributed by atoms with Crippen molar-refractivity contribution >= 4 is 29.3 Å². The summed E-state index contributed by atoms with van der Waals surface area (Å²) in [6.45, 7) is 5.82. The van der Waals surface area contributed by atoms with Gasteiger partial charge in [-0.3, -0.25) is 9.69 Å². The number of rotatable bonds is 6. The standard InChI is InChI=1S/C22H29F2N9O3/c1-14(34)26-12-17-13-32(22(35)36-17)16-10-18(23)20(19(24)11-16)30-6-2-15(3-7-30)33-28-21(27-29-33)31-8-4-25-5-9-31/h10-11,15,17,25H,2-9,12-13H2,1H3,(H,26,34)/t17-/m0/s1. The van der Waals surface area contributed by atoms with Crippen LogP contribution in [-0.2, 0) is 9.53 Å². The fourth-order valence-electron chi connectivity index (χ4n) is 4.79. The zero-order valence-corrected chi connectivity index (χ0v) is 20.0. The number of anilines is 3. The molecule has 0 saturated carbocycles. The maximum atomic E-state index is 15.1. The predicted molar refractivity (Wildman–Crippen MR) is 126 cm³/mol. The number of nitrogens with one attached hydrogen (secondary N) is 2. The van der Waals surface area contributed by atoms with Gasteiger partial charge < -0.3 is 25.2 Å². The highest BCUT2D eigenvalue weighted by atomic mass is 19.1. The summed E-state index contributed by atoms with van der Waals surface area (Å²) in [5.74, 6) is -1.15. The first kappa shape index (κ1) is 24.2. The van der Waals surface area contributed by atoms with Crippen LogP contribution >= 0.6 is 0 Å². The van der Waals surface area contributed by atoms with E-state index in [-0.39, 0.29) is 36.4 Å². The van der Waals surface area contributed by atoms with Crippen LogP contribution < -0.4 is 25.3 Å². The van der Waals surface area contributed by atoms with Crippen LogP contribution in [0.3, 0.4) is 0 Å². The number of carbonyl (C=O) groups is 2. The molecule has 3 fully saturated rings. The molecule has 1 aromatic heterocycles. The highest BCUT2D eigenvalue weighted by Crippen LogP contribution is 2.34. The van der Waals surface area contributed by atoms with Crippen molar-refractivity contribution in [3.8, 4) is 0 Å². The zero-order chi connectivity index (χ0) is 25.2. The van der Waals surface area contributed by atoms with Gasteiger partial charge in [-0.1, -0.05) is 5.10 Å². The number of nitrogens with zero attached hydrogens (tertiary/aromatic N) is 7. The lowest BCUT2D eigenvalue weighted by atomic mass is 10.0. The number of piperidine rings is 1. The second-order valence-corrected chi connectivity index (χ2v) is 9.18. The number of aromatic nitrogens is 4. The van der Waals surface area contributed by atoms with Crippen molar-refractivity contribution in [1.82, 2.24) is 30.8 Å². The Bertz CT molecular complexity index is 1090. The largest absolute Gasteiger partial charge is 0.442 e. The third kappa shape index (κ3) is 5.03. The minimum atomic E-state index is -0.749. The molecular weight excluding hydrogens is 476 g/mol. The predicted octanol–water partition coefficient (Wildman–Crippen LogP) is 0.664. The van der Waals surface area contributed by atoms with Gasteiger partial charge >= 0.3 is 6.09 Å². The van der Waals surface area contributed by atoms with Crippen molar-refractivity contribution < 1.29 is 23.1 Å². The molecule has 0 unspecified atom stereocenters. The Morgan fingerprint density at radius 3 is 2.50 bits per heavy atom. The number of tetrazole rings is 1. The normalized spacial score (nSPS) is 21.1. The van der Waals surface area contributed by atoms with E-state index >= 15 is 8.78 Å². The summed E-state index contributed by atoms with van der Waals surface area (Å²) in [6.07, 6.45) is -0.0790. The molecule has 1 atom stereocenters. The van der Waals surface area contributed by atoms with E-state index in [4.69, 9.17) is 4.74 Å². The van der Waals surface area contributed by atoms with E-state index < -0.39 is 23.8 Å². The molecule has 0 aliphatic carbocycles. The first-order chi connectivity index (χ1) is 17.4. The van der Waals surface area contributed by atoms with Gasteiger partial charge in [0.2, 0.25) is 5.91 Å². The van der Waals surface area contributed by atoms with Crippen molar-refractivity contribution in [1.29, 1.82) is 0 Å². The molecule has 0 bridgehead atoms. The van der Waals surface area contributed by atoms with Crippen molar-refractivity contribution in [2.24, 2.45) is 0 Å². The van der Waals surface area contributed by atoms with Gasteiger partial charge in [0.25, 0.3) is 5.95 Å². The third-order valence-corrected chi connectivity index (χ3v) is 6.69. The molecule has 2 aromatic rings.